The molecule has 0 aliphatic carbocycles. The second kappa shape index (κ2) is 7.41. The molecule has 6 nitrogen and oxygen atoms in total. The summed E-state index contributed by atoms with van der Waals surface area (Å²) in [6.07, 6.45) is 0. The van der Waals surface area contributed by atoms with Crippen LogP contribution in [-0.4, -0.2) is 31.9 Å². The molecule has 1 heterocycles. The van der Waals surface area contributed by atoms with Crippen molar-refractivity contribution in [1.82, 2.24) is 20.2 Å². The molecular weight excluding hydrogens is 353 g/mol. The monoisotopic (exact) mass is 363 g/mol. The first kappa shape index (κ1) is 16.4. The molecule has 0 spiro atoms. The fraction of sp³-hybridized carbons (Fsp3) is 0.0667. The van der Waals surface area contributed by atoms with Gasteiger partial charge < -0.3 is 5.32 Å². The molecule has 24 heavy (non-hydrogen) atoms. The predicted octanol–water partition coefficient (Wildman–Crippen LogP) is 3.19. The molecule has 0 aliphatic rings. The van der Waals surface area contributed by atoms with Crippen molar-refractivity contribution in [2.45, 2.75) is 5.16 Å². The average molecular weight is 364 g/mol. The standard InChI is InChI=1S/C15H11ClFN5OS/c16-10-4-6-12(7-5-10)18-14(23)9-24-15-19-20-21-22(15)13-3-1-2-11(17)8-13/h1-8H,9H2,(H,18,23). The third kappa shape index (κ3) is 4.09. The van der Waals surface area contributed by atoms with Crippen LogP contribution < -0.4 is 5.32 Å². The van der Waals surface area contributed by atoms with Crippen LogP contribution in [0.5, 0.6) is 0 Å². The van der Waals surface area contributed by atoms with Gasteiger partial charge in [0.05, 0.1) is 11.4 Å². The summed E-state index contributed by atoms with van der Waals surface area (Å²) in [5.41, 5.74) is 1.13. The molecule has 0 bridgehead atoms. The van der Waals surface area contributed by atoms with Crippen LogP contribution in [0, 0.1) is 5.82 Å². The van der Waals surface area contributed by atoms with Crippen LogP contribution in [0.3, 0.4) is 0 Å². The Labute approximate surface area is 146 Å². The summed E-state index contributed by atoms with van der Waals surface area (Å²) in [6, 6.07) is 12.7. The predicted molar refractivity (Wildman–Crippen MR) is 89.9 cm³/mol. The number of amides is 1. The number of rotatable bonds is 5. The average Bonchev–Trinajstić information content (AvgIpc) is 3.04. The number of nitrogens with zero attached hydrogens (tertiary/aromatic N) is 4. The van der Waals surface area contributed by atoms with Crippen LogP contribution in [-0.2, 0) is 4.79 Å². The Morgan fingerprint density at radius 1 is 1.25 bits per heavy atom. The van der Waals surface area contributed by atoms with Gasteiger partial charge in [-0.2, -0.15) is 4.68 Å². The van der Waals surface area contributed by atoms with Crippen molar-refractivity contribution in [3.05, 3.63) is 59.4 Å². The number of hydrogen-bond donors (Lipinski definition) is 1. The summed E-state index contributed by atoms with van der Waals surface area (Å²) < 4.78 is 14.7. The molecule has 9 heteroatoms. The molecule has 0 saturated carbocycles. The minimum Gasteiger partial charge on any atom is -0.325 e. The first-order valence-corrected chi connectivity index (χ1v) is 8.21. The van der Waals surface area contributed by atoms with E-state index in [1.54, 1.807) is 36.4 Å². The normalized spacial score (nSPS) is 10.6. The fourth-order valence-corrected chi connectivity index (χ4v) is 2.72. The maximum absolute atomic E-state index is 13.3. The Hall–Kier alpha value is -2.45. The highest BCUT2D eigenvalue weighted by Crippen LogP contribution is 2.19. The number of anilines is 1. The van der Waals surface area contributed by atoms with E-state index in [-0.39, 0.29) is 17.5 Å². The largest absolute Gasteiger partial charge is 0.325 e. The molecule has 122 valence electrons. The lowest BCUT2D eigenvalue weighted by Gasteiger charge is -2.06. The number of benzene rings is 2. The molecule has 1 N–H and O–H groups in total. The minimum absolute atomic E-state index is 0.109. The van der Waals surface area contributed by atoms with E-state index in [0.29, 0.717) is 21.6 Å². The van der Waals surface area contributed by atoms with Gasteiger partial charge in [-0.3, -0.25) is 4.79 Å². The lowest BCUT2D eigenvalue weighted by molar-refractivity contribution is -0.113. The van der Waals surface area contributed by atoms with Gasteiger partial charge in [0.15, 0.2) is 0 Å². The van der Waals surface area contributed by atoms with E-state index in [0.717, 1.165) is 11.8 Å². The van der Waals surface area contributed by atoms with Crippen molar-refractivity contribution in [3.8, 4) is 5.69 Å². The van der Waals surface area contributed by atoms with Crippen LogP contribution in [0.4, 0.5) is 10.1 Å². The zero-order chi connectivity index (χ0) is 16.9. The molecule has 0 atom stereocenters. The lowest BCUT2D eigenvalue weighted by Crippen LogP contribution is -2.14. The van der Waals surface area contributed by atoms with E-state index in [2.05, 4.69) is 20.8 Å². The van der Waals surface area contributed by atoms with Gasteiger partial charge in [0.2, 0.25) is 11.1 Å². The smallest absolute Gasteiger partial charge is 0.234 e. The maximum atomic E-state index is 13.3. The topological polar surface area (TPSA) is 72.7 Å². The summed E-state index contributed by atoms with van der Waals surface area (Å²) >= 11 is 6.95. The summed E-state index contributed by atoms with van der Waals surface area (Å²) in [7, 11) is 0. The number of nitrogens with one attached hydrogen (secondary N) is 1. The fourth-order valence-electron chi connectivity index (χ4n) is 1.90. The summed E-state index contributed by atoms with van der Waals surface area (Å²) in [5.74, 6) is -0.492. The molecule has 3 rings (SSSR count). The molecule has 0 unspecified atom stereocenters. The van der Waals surface area contributed by atoms with Gasteiger partial charge in [0, 0.05) is 10.7 Å². The number of halogens is 2. The molecule has 0 radical (unpaired) electrons. The first-order valence-electron chi connectivity index (χ1n) is 6.84. The van der Waals surface area contributed by atoms with Crippen molar-refractivity contribution >= 4 is 35.0 Å². The van der Waals surface area contributed by atoms with Crippen LogP contribution in [0.1, 0.15) is 0 Å². The van der Waals surface area contributed by atoms with Gasteiger partial charge in [0.1, 0.15) is 5.82 Å². The quantitative estimate of drug-likeness (QED) is 0.705. The van der Waals surface area contributed by atoms with Gasteiger partial charge in [-0.1, -0.05) is 29.4 Å². The number of tetrazole rings is 1. The van der Waals surface area contributed by atoms with Gasteiger partial charge in [-0.05, 0) is 52.9 Å². The summed E-state index contributed by atoms with van der Waals surface area (Å²) in [4.78, 5) is 12.0. The zero-order valence-corrected chi connectivity index (χ0v) is 13.8. The van der Waals surface area contributed by atoms with Crippen LogP contribution >= 0.6 is 23.4 Å². The van der Waals surface area contributed by atoms with Crippen LogP contribution in [0.25, 0.3) is 5.69 Å². The van der Waals surface area contributed by atoms with Crippen LogP contribution in [0.15, 0.2) is 53.7 Å². The third-order valence-corrected chi connectivity index (χ3v) is 4.13. The van der Waals surface area contributed by atoms with Gasteiger partial charge in [-0.25, -0.2) is 4.39 Å². The molecule has 1 amide bonds. The molecule has 0 fully saturated rings. The third-order valence-electron chi connectivity index (χ3n) is 2.95. The second-order valence-electron chi connectivity index (χ2n) is 4.70. The van der Waals surface area contributed by atoms with E-state index in [1.165, 1.54) is 16.8 Å². The van der Waals surface area contributed by atoms with Crippen molar-refractivity contribution < 1.29 is 9.18 Å². The minimum atomic E-state index is -0.389. The van der Waals surface area contributed by atoms with Crippen molar-refractivity contribution in [2.75, 3.05) is 11.1 Å². The van der Waals surface area contributed by atoms with Crippen LogP contribution in [0.2, 0.25) is 5.02 Å². The Morgan fingerprint density at radius 2 is 2.04 bits per heavy atom. The number of aromatic nitrogens is 4. The highest BCUT2D eigenvalue weighted by atomic mass is 35.5. The van der Waals surface area contributed by atoms with E-state index in [4.69, 9.17) is 11.6 Å². The van der Waals surface area contributed by atoms with E-state index < -0.39 is 0 Å². The molecular formula is C15H11ClFN5OS. The maximum Gasteiger partial charge on any atom is 0.234 e. The number of carbonyl (C=O) groups is 1. The van der Waals surface area contributed by atoms with Crippen molar-refractivity contribution in [2.24, 2.45) is 0 Å². The van der Waals surface area contributed by atoms with Crippen molar-refractivity contribution in [1.29, 1.82) is 0 Å². The zero-order valence-electron chi connectivity index (χ0n) is 12.2. The Kier molecular flexibility index (Phi) is 5.07. The lowest BCUT2D eigenvalue weighted by atomic mass is 10.3. The van der Waals surface area contributed by atoms with E-state index in [9.17, 15) is 9.18 Å². The molecule has 0 aliphatic heterocycles. The second-order valence-corrected chi connectivity index (χ2v) is 6.08. The SMILES string of the molecule is O=C(CSc1nnnn1-c1cccc(F)c1)Nc1ccc(Cl)cc1. The molecule has 1 aromatic heterocycles. The number of carbonyl (C=O) groups excluding carboxylic acids is 1. The highest BCUT2D eigenvalue weighted by Gasteiger charge is 2.12. The molecule has 2 aromatic carbocycles. The first-order chi connectivity index (χ1) is 11.6. The molecule has 3 aromatic rings. The van der Waals surface area contributed by atoms with E-state index >= 15 is 0 Å². The summed E-state index contributed by atoms with van der Waals surface area (Å²) in [5, 5.41) is 15.0. The van der Waals surface area contributed by atoms with E-state index in [1.807, 2.05) is 0 Å². The Bertz CT molecular complexity index is 855. The Morgan fingerprint density at radius 3 is 2.79 bits per heavy atom. The van der Waals surface area contributed by atoms with Gasteiger partial charge in [-0.15, -0.1) is 5.10 Å². The van der Waals surface area contributed by atoms with Crippen molar-refractivity contribution in [3.63, 3.8) is 0 Å². The Balaban J connectivity index is 1.64. The summed E-state index contributed by atoms with van der Waals surface area (Å²) in [6.45, 7) is 0. The number of thioether (sulfide) groups is 1. The highest BCUT2D eigenvalue weighted by molar-refractivity contribution is 7.99. The number of hydrogen-bond acceptors (Lipinski definition) is 5. The van der Waals surface area contributed by atoms with Gasteiger partial charge >= 0.3 is 0 Å². The molecule has 0 saturated heterocycles. The van der Waals surface area contributed by atoms with Gasteiger partial charge in [0.25, 0.3) is 0 Å².